The number of benzene rings is 3. The molecule has 5 atom stereocenters. The molecule has 7 fully saturated rings. The standard InChI is InChI=1S/C60H67F2N11O7/c1-3-43-46(61)12-9-38-6-4-7-44(51(38)43)53-52(62)54-45(29-63-53)55(71-31-39-10-11-40(32-71)64-39)67-57(66-54)80-35-60-21-5-23-72(60)41(16-22-60)34-79-59(77)70-26-19-42(20-27-70)78-33-36-17-24-69(25-18-36)30-37-8-13-47-49(28-37)68(2)58(76)73(47)48-14-15-50(74)65-56(48)75/h1,4,6-9,12-13,28-29,36,39-42,48,64H,5,10-11,14-27,30-35H2,2H3,(H,65,74,75)/t39?,40?,41-,48?,60-/m0/s1. The number of imide groups is 1. The van der Waals surface area contributed by atoms with Crippen LogP contribution < -0.4 is 26.0 Å². The molecule has 20 heteroatoms. The number of ether oxygens (including phenoxy) is 3. The maximum absolute atomic E-state index is 17.2. The molecule has 7 saturated heterocycles. The first-order valence-corrected chi connectivity index (χ1v) is 28.6. The second-order valence-corrected chi connectivity index (χ2v) is 23.3. The van der Waals surface area contributed by atoms with E-state index in [4.69, 9.17) is 30.6 Å². The Hall–Kier alpha value is -7.05. The van der Waals surface area contributed by atoms with E-state index in [0.717, 1.165) is 101 Å². The fourth-order valence-corrected chi connectivity index (χ4v) is 14.2. The van der Waals surface area contributed by atoms with Gasteiger partial charge in [0, 0.05) is 88.1 Å². The molecule has 0 aliphatic carbocycles. The van der Waals surface area contributed by atoms with Gasteiger partial charge in [0.05, 0.1) is 33.6 Å². The molecule has 18 nitrogen and oxygen atoms in total. The van der Waals surface area contributed by atoms with Crippen LogP contribution in [0.1, 0.15) is 94.2 Å². The number of carbonyl (C=O) groups excluding carboxylic acids is 3. The number of amides is 3. The smallest absolute Gasteiger partial charge is 0.409 e. The zero-order chi connectivity index (χ0) is 54.8. The van der Waals surface area contributed by atoms with E-state index in [0.29, 0.717) is 84.8 Å². The zero-order valence-electron chi connectivity index (χ0n) is 45.1. The Balaban J connectivity index is 0.599. The van der Waals surface area contributed by atoms with E-state index in [9.17, 15) is 19.2 Å². The fraction of sp³-hybridized carbons (Fsp3) is 0.517. The van der Waals surface area contributed by atoms with Crippen LogP contribution in [0.2, 0.25) is 0 Å². The number of aromatic nitrogens is 5. The lowest BCUT2D eigenvalue weighted by molar-refractivity contribution is -0.135. The molecule has 7 aliphatic rings. The third-order valence-corrected chi connectivity index (χ3v) is 18.5. The number of aryl methyl sites for hydroxylation is 1. The number of pyridine rings is 1. The highest BCUT2D eigenvalue weighted by Crippen LogP contribution is 2.44. The lowest BCUT2D eigenvalue weighted by Crippen LogP contribution is -2.51. The predicted molar refractivity (Wildman–Crippen MR) is 296 cm³/mol. The van der Waals surface area contributed by atoms with E-state index in [-0.39, 0.29) is 83.3 Å². The molecule has 3 unspecified atom stereocenters. The summed E-state index contributed by atoms with van der Waals surface area (Å²) in [6, 6.07) is 14.2. The fourth-order valence-electron chi connectivity index (χ4n) is 14.2. The van der Waals surface area contributed by atoms with E-state index in [1.807, 2.05) is 24.3 Å². The van der Waals surface area contributed by atoms with E-state index in [1.165, 1.54) is 10.6 Å². The van der Waals surface area contributed by atoms with Gasteiger partial charge in [0.15, 0.2) is 5.82 Å². The van der Waals surface area contributed by atoms with E-state index < -0.39 is 23.6 Å². The summed E-state index contributed by atoms with van der Waals surface area (Å²) in [5.41, 5.74) is 2.48. The van der Waals surface area contributed by atoms with Crippen molar-refractivity contribution in [1.29, 1.82) is 0 Å². The summed E-state index contributed by atoms with van der Waals surface area (Å²) in [6.07, 6.45) is 16.9. The molecular weight excluding hydrogens is 1020 g/mol. The van der Waals surface area contributed by atoms with Crippen molar-refractivity contribution in [3.63, 3.8) is 0 Å². The number of hydrogen-bond acceptors (Lipinski definition) is 14. The number of carbonyl (C=O) groups is 3. The first-order valence-electron chi connectivity index (χ1n) is 28.6. The van der Waals surface area contributed by atoms with E-state index in [2.05, 4.69) is 36.2 Å². The lowest BCUT2D eigenvalue weighted by Gasteiger charge is -2.36. The Morgan fingerprint density at radius 2 is 1.70 bits per heavy atom. The molecule has 3 aromatic carbocycles. The summed E-state index contributed by atoms with van der Waals surface area (Å²) in [5, 5.41) is 7.60. The Kier molecular flexibility index (Phi) is 14.0. The Morgan fingerprint density at radius 3 is 2.49 bits per heavy atom. The van der Waals surface area contributed by atoms with Gasteiger partial charge in [-0.25, -0.2) is 18.4 Å². The van der Waals surface area contributed by atoms with Crippen LogP contribution in [0, 0.1) is 29.9 Å². The van der Waals surface area contributed by atoms with Crippen molar-refractivity contribution in [2.45, 2.75) is 119 Å². The van der Waals surface area contributed by atoms with Gasteiger partial charge in [-0.1, -0.05) is 36.3 Å². The number of piperazine rings is 1. The van der Waals surface area contributed by atoms with Crippen LogP contribution in [-0.2, 0) is 32.7 Å². The van der Waals surface area contributed by atoms with Crippen LogP contribution in [0.15, 0.2) is 59.5 Å². The van der Waals surface area contributed by atoms with Gasteiger partial charge in [0.1, 0.15) is 42.1 Å². The molecule has 80 heavy (non-hydrogen) atoms. The third kappa shape index (κ3) is 9.72. The van der Waals surface area contributed by atoms with Gasteiger partial charge in [-0.3, -0.25) is 38.8 Å². The van der Waals surface area contributed by atoms with Crippen molar-refractivity contribution in [3.8, 4) is 29.6 Å². The van der Waals surface area contributed by atoms with Crippen molar-refractivity contribution in [2.75, 3.05) is 70.5 Å². The number of terminal acetylenes is 1. The molecule has 0 spiro atoms. The van der Waals surface area contributed by atoms with E-state index >= 15 is 8.78 Å². The van der Waals surface area contributed by atoms with Crippen molar-refractivity contribution in [1.82, 2.24) is 49.4 Å². The minimum atomic E-state index is -0.708. The minimum absolute atomic E-state index is 0.0154. The number of imidazole rings is 1. The molecule has 418 valence electrons. The number of nitrogens with zero attached hydrogens (tertiary/aromatic N) is 9. The molecule has 0 radical (unpaired) electrons. The van der Waals surface area contributed by atoms with Gasteiger partial charge < -0.3 is 29.3 Å². The van der Waals surface area contributed by atoms with Crippen molar-refractivity contribution >= 4 is 56.4 Å². The Labute approximate surface area is 462 Å². The average molecular weight is 1090 g/mol. The van der Waals surface area contributed by atoms with Gasteiger partial charge in [-0.2, -0.15) is 9.97 Å². The quantitative estimate of drug-likeness (QED) is 0.0935. The van der Waals surface area contributed by atoms with Crippen molar-refractivity contribution in [2.24, 2.45) is 13.0 Å². The number of anilines is 1. The maximum Gasteiger partial charge on any atom is 0.409 e. The SMILES string of the molecule is C#Cc1c(F)ccc2cccc(-c3ncc4c(N5CC6CCC(C5)N6)nc(OC[C@@]56CCCN5[C@H](COC(=O)N5CCC(OCC7CCN(Cc8ccc9c(c8)n(C)c(=O)n9C8CCC(=O)NC8=O)CC7)CC5)CC6)nc4c3F)c12. The maximum atomic E-state index is 17.2. The van der Waals surface area contributed by atoms with Crippen LogP contribution in [0.5, 0.6) is 6.01 Å². The van der Waals surface area contributed by atoms with Crippen LogP contribution in [-0.4, -0.2) is 152 Å². The molecule has 10 heterocycles. The third-order valence-electron chi connectivity index (χ3n) is 18.5. The van der Waals surface area contributed by atoms with Crippen molar-refractivity contribution < 1.29 is 37.4 Å². The number of likely N-dealkylation sites (tertiary alicyclic amines) is 2. The first kappa shape index (κ1) is 52.3. The average Bonchev–Trinajstić information content (AvgIpc) is 4.26. The number of nitrogens with one attached hydrogen (secondary N) is 2. The first-order chi connectivity index (χ1) is 38.9. The largest absolute Gasteiger partial charge is 0.461 e. The van der Waals surface area contributed by atoms with Gasteiger partial charge in [0.25, 0.3) is 0 Å². The summed E-state index contributed by atoms with van der Waals surface area (Å²) in [4.78, 5) is 74.5. The summed E-state index contributed by atoms with van der Waals surface area (Å²) in [6.45, 7) is 7.30. The van der Waals surface area contributed by atoms with Gasteiger partial charge in [0.2, 0.25) is 11.8 Å². The molecular formula is C60H67F2N11O7. The van der Waals surface area contributed by atoms with Crippen LogP contribution >= 0.6 is 0 Å². The highest BCUT2D eigenvalue weighted by atomic mass is 19.1. The van der Waals surface area contributed by atoms with Gasteiger partial charge in [-0.15, -0.1) is 6.42 Å². The highest BCUT2D eigenvalue weighted by molar-refractivity contribution is 6.02. The van der Waals surface area contributed by atoms with Crippen molar-refractivity contribution in [3.05, 3.63) is 88.0 Å². The number of piperidine rings is 3. The van der Waals surface area contributed by atoms with Crippen LogP contribution in [0.25, 0.3) is 44.0 Å². The van der Waals surface area contributed by atoms with E-state index in [1.54, 1.807) is 40.9 Å². The summed E-state index contributed by atoms with van der Waals surface area (Å²) >= 11 is 0. The molecule has 2 N–H and O–H groups in total. The minimum Gasteiger partial charge on any atom is -0.461 e. The number of rotatable bonds is 13. The molecule has 2 bridgehead atoms. The van der Waals surface area contributed by atoms with Gasteiger partial charge in [-0.05, 0) is 125 Å². The molecule has 13 rings (SSSR count). The normalized spacial score (nSPS) is 25.0. The Bertz CT molecular complexity index is 3520. The second-order valence-electron chi connectivity index (χ2n) is 23.3. The summed E-state index contributed by atoms with van der Waals surface area (Å²) < 4.78 is 54.5. The van der Waals surface area contributed by atoms with Gasteiger partial charge >= 0.3 is 17.8 Å². The van der Waals surface area contributed by atoms with Crippen LogP contribution in [0.4, 0.5) is 19.4 Å². The number of hydrogen-bond donors (Lipinski definition) is 2. The van der Waals surface area contributed by atoms with Crippen LogP contribution in [0.3, 0.4) is 0 Å². The molecule has 6 aromatic rings. The lowest BCUT2D eigenvalue weighted by atomic mass is 9.95. The summed E-state index contributed by atoms with van der Waals surface area (Å²) in [7, 11) is 1.72. The number of fused-ring (bicyclic) bond motifs is 6. The second kappa shape index (κ2) is 21.4. The number of halogens is 2. The predicted octanol–water partition coefficient (Wildman–Crippen LogP) is 6.58. The molecule has 3 aromatic heterocycles. The molecule has 3 amide bonds. The topological polar surface area (TPSA) is 182 Å². The Morgan fingerprint density at radius 1 is 0.887 bits per heavy atom. The zero-order valence-corrected chi connectivity index (χ0v) is 45.1. The molecule has 7 aliphatic heterocycles. The highest BCUT2D eigenvalue weighted by Gasteiger charge is 2.50. The molecule has 0 saturated carbocycles. The monoisotopic (exact) mass is 1090 g/mol. The summed E-state index contributed by atoms with van der Waals surface area (Å²) in [5.74, 6) is 1.52.